The fourth-order valence-corrected chi connectivity index (χ4v) is 3.80. The molecule has 0 saturated carbocycles. The lowest BCUT2D eigenvalue weighted by molar-refractivity contribution is 0.313. The number of hydrogen-bond donors (Lipinski definition) is 3. The first-order chi connectivity index (χ1) is 14.3. The molecular weight excluding hydrogens is 383 g/mol. The van der Waals surface area contributed by atoms with E-state index < -0.39 is 11.4 Å². The topological polar surface area (TPSA) is 104 Å². The molecular formula is C22H25FN6O. The molecule has 0 aliphatic carbocycles. The number of likely N-dealkylation sites (N-methyl/N-ethyl adjacent to an activating group) is 1. The Morgan fingerprint density at radius 1 is 1.17 bits per heavy atom. The number of anilines is 2. The second-order valence-electron chi connectivity index (χ2n) is 7.66. The Bertz CT molecular complexity index is 1190. The number of aromatic nitrogens is 1. The number of H-pyrrole nitrogens is 1. The molecule has 30 heavy (non-hydrogen) atoms. The zero-order chi connectivity index (χ0) is 21.4. The van der Waals surface area contributed by atoms with Crippen molar-refractivity contribution >= 4 is 33.8 Å². The summed E-state index contributed by atoms with van der Waals surface area (Å²) in [5.74, 6) is -0.572. The van der Waals surface area contributed by atoms with E-state index in [1.807, 2.05) is 19.1 Å². The minimum absolute atomic E-state index is 0.0141. The molecule has 2 aromatic carbocycles. The van der Waals surface area contributed by atoms with Gasteiger partial charge in [-0.25, -0.2) is 9.38 Å². The summed E-state index contributed by atoms with van der Waals surface area (Å²) >= 11 is 0. The molecule has 2 heterocycles. The number of aliphatic imine (C=N–C) groups is 1. The number of pyridine rings is 1. The van der Waals surface area contributed by atoms with Crippen LogP contribution in [0.5, 0.6) is 0 Å². The van der Waals surface area contributed by atoms with Gasteiger partial charge in [0.25, 0.3) is 5.56 Å². The zero-order valence-electron chi connectivity index (χ0n) is 17.1. The monoisotopic (exact) mass is 408 g/mol. The number of nitrogens with two attached hydrogens (primary N) is 2. The summed E-state index contributed by atoms with van der Waals surface area (Å²) in [6.07, 6.45) is 0. The molecule has 0 spiro atoms. The van der Waals surface area contributed by atoms with E-state index in [4.69, 9.17) is 11.5 Å². The van der Waals surface area contributed by atoms with Gasteiger partial charge in [0.1, 0.15) is 17.2 Å². The maximum Gasteiger partial charge on any atom is 0.261 e. The third kappa shape index (κ3) is 3.61. The maximum atomic E-state index is 14.3. The first kappa shape index (κ1) is 19.9. The van der Waals surface area contributed by atoms with Crippen LogP contribution in [0.3, 0.4) is 0 Å². The smallest absolute Gasteiger partial charge is 0.261 e. The first-order valence-electron chi connectivity index (χ1n) is 9.84. The number of piperazine rings is 1. The molecule has 1 fully saturated rings. The van der Waals surface area contributed by atoms with Crippen LogP contribution in [0.2, 0.25) is 0 Å². The van der Waals surface area contributed by atoms with Crippen LogP contribution in [0, 0.1) is 12.7 Å². The summed E-state index contributed by atoms with van der Waals surface area (Å²) in [6.45, 7) is 5.92. The number of halogens is 1. The molecule has 5 N–H and O–H groups in total. The molecule has 0 amide bonds. The lowest BCUT2D eigenvalue weighted by atomic mass is 10.1. The van der Waals surface area contributed by atoms with Crippen molar-refractivity contribution in [1.29, 1.82) is 0 Å². The lowest BCUT2D eigenvalue weighted by Gasteiger charge is -2.34. The maximum absolute atomic E-state index is 14.3. The molecule has 3 aromatic rings. The van der Waals surface area contributed by atoms with Crippen LogP contribution >= 0.6 is 0 Å². The highest BCUT2D eigenvalue weighted by Gasteiger charge is 2.18. The van der Waals surface area contributed by atoms with E-state index in [2.05, 4.69) is 32.9 Å². The van der Waals surface area contributed by atoms with Gasteiger partial charge in [-0.2, -0.15) is 0 Å². The zero-order valence-corrected chi connectivity index (χ0v) is 17.1. The average Bonchev–Trinajstić information content (AvgIpc) is 2.70. The van der Waals surface area contributed by atoms with Crippen molar-refractivity contribution in [3.8, 4) is 0 Å². The van der Waals surface area contributed by atoms with E-state index in [9.17, 15) is 9.18 Å². The quantitative estimate of drug-likeness (QED) is 0.456. The van der Waals surface area contributed by atoms with Crippen molar-refractivity contribution in [2.45, 2.75) is 6.92 Å². The normalized spacial score (nSPS) is 15.7. The highest BCUT2D eigenvalue weighted by molar-refractivity contribution is 6.08. The summed E-state index contributed by atoms with van der Waals surface area (Å²) < 4.78 is 14.3. The van der Waals surface area contributed by atoms with Crippen LogP contribution < -0.4 is 21.9 Å². The molecule has 7 nitrogen and oxygen atoms in total. The molecule has 1 aliphatic heterocycles. The van der Waals surface area contributed by atoms with E-state index in [1.165, 1.54) is 12.1 Å². The van der Waals surface area contributed by atoms with Crippen molar-refractivity contribution in [2.75, 3.05) is 43.9 Å². The second kappa shape index (κ2) is 7.79. The van der Waals surface area contributed by atoms with Crippen molar-refractivity contribution in [3.05, 3.63) is 63.7 Å². The van der Waals surface area contributed by atoms with Crippen molar-refractivity contribution in [3.63, 3.8) is 0 Å². The van der Waals surface area contributed by atoms with Crippen molar-refractivity contribution < 1.29 is 4.39 Å². The van der Waals surface area contributed by atoms with Crippen molar-refractivity contribution in [1.82, 2.24) is 9.88 Å². The highest BCUT2D eigenvalue weighted by Crippen LogP contribution is 2.27. The van der Waals surface area contributed by atoms with Gasteiger partial charge in [-0.3, -0.25) is 4.79 Å². The number of nitrogens with one attached hydrogen (secondary N) is 1. The van der Waals surface area contributed by atoms with Gasteiger partial charge < -0.3 is 26.3 Å². The Balaban J connectivity index is 1.70. The summed E-state index contributed by atoms with van der Waals surface area (Å²) in [5.41, 5.74) is 14.7. The second-order valence-corrected chi connectivity index (χ2v) is 7.66. The van der Waals surface area contributed by atoms with Crippen LogP contribution in [-0.2, 0) is 0 Å². The number of aromatic amines is 1. The van der Waals surface area contributed by atoms with Crippen LogP contribution in [0.15, 0.2) is 46.2 Å². The number of rotatable bonds is 3. The fourth-order valence-electron chi connectivity index (χ4n) is 3.80. The number of nitrogen functional groups attached to an aromatic ring is 1. The number of amidine groups is 1. The van der Waals surface area contributed by atoms with Crippen LogP contribution in [0.4, 0.5) is 21.5 Å². The Morgan fingerprint density at radius 2 is 1.90 bits per heavy atom. The van der Waals surface area contributed by atoms with Crippen LogP contribution in [-0.4, -0.2) is 48.9 Å². The number of fused-ring (bicyclic) bond motifs is 1. The van der Waals surface area contributed by atoms with Gasteiger partial charge in [-0.05, 0) is 49.9 Å². The third-order valence-electron chi connectivity index (χ3n) is 5.57. The Labute approximate surface area is 173 Å². The third-order valence-corrected chi connectivity index (χ3v) is 5.57. The number of hydrogen-bond acceptors (Lipinski definition) is 5. The number of benzene rings is 2. The van der Waals surface area contributed by atoms with E-state index in [0.29, 0.717) is 11.2 Å². The average molecular weight is 408 g/mol. The molecule has 4 rings (SSSR count). The molecule has 0 radical (unpaired) electrons. The molecule has 0 atom stereocenters. The summed E-state index contributed by atoms with van der Waals surface area (Å²) in [6, 6.07) is 10.3. The molecule has 8 heteroatoms. The SMILES string of the molecule is Cc1cc(N2CCN(C)CC2)ccc1N=C(N)c1c(N)c2c(F)cccc2[nH]c1=O. The van der Waals surface area contributed by atoms with E-state index in [-0.39, 0.29) is 22.5 Å². The highest BCUT2D eigenvalue weighted by atomic mass is 19.1. The number of aryl methyl sites for hydroxylation is 1. The standard InChI is InChI=1S/C22H25FN6O/c1-13-12-14(29-10-8-28(2)9-11-29)6-7-16(13)26-21(25)19-20(24)18-15(23)4-3-5-17(18)27-22(19)30/h3-7,12H,8-11H2,1-2H3,(H2,25,26)(H3,24,27,30). The molecule has 1 aromatic heterocycles. The predicted octanol–water partition coefficient (Wildman–Crippen LogP) is 2.35. The Morgan fingerprint density at radius 3 is 2.60 bits per heavy atom. The minimum atomic E-state index is -0.525. The minimum Gasteiger partial charge on any atom is -0.397 e. The van der Waals surface area contributed by atoms with Gasteiger partial charge in [0.2, 0.25) is 0 Å². The largest absolute Gasteiger partial charge is 0.397 e. The Kier molecular flexibility index (Phi) is 5.17. The first-order valence-corrected chi connectivity index (χ1v) is 9.84. The lowest BCUT2D eigenvalue weighted by Crippen LogP contribution is -2.44. The van der Waals surface area contributed by atoms with E-state index in [1.54, 1.807) is 6.07 Å². The summed E-state index contributed by atoms with van der Waals surface area (Å²) in [7, 11) is 2.12. The summed E-state index contributed by atoms with van der Waals surface area (Å²) in [4.78, 5) is 24.2. The van der Waals surface area contributed by atoms with Gasteiger partial charge in [-0.1, -0.05) is 6.07 Å². The molecule has 1 aliphatic rings. The summed E-state index contributed by atoms with van der Waals surface area (Å²) in [5, 5.41) is 0.132. The van der Waals surface area contributed by atoms with Gasteiger partial charge in [0.15, 0.2) is 0 Å². The number of nitrogens with zero attached hydrogens (tertiary/aromatic N) is 3. The molecule has 156 valence electrons. The fraction of sp³-hybridized carbons (Fsp3) is 0.273. The molecule has 0 unspecified atom stereocenters. The van der Waals surface area contributed by atoms with E-state index in [0.717, 1.165) is 37.4 Å². The Hall–Kier alpha value is -3.39. The molecule has 1 saturated heterocycles. The van der Waals surface area contributed by atoms with Gasteiger partial charge in [-0.15, -0.1) is 0 Å². The van der Waals surface area contributed by atoms with Crippen LogP contribution in [0.25, 0.3) is 10.9 Å². The van der Waals surface area contributed by atoms with Crippen molar-refractivity contribution in [2.24, 2.45) is 10.7 Å². The van der Waals surface area contributed by atoms with Gasteiger partial charge in [0, 0.05) is 31.9 Å². The van der Waals surface area contributed by atoms with Gasteiger partial charge >= 0.3 is 0 Å². The predicted molar refractivity (Wildman–Crippen MR) is 120 cm³/mol. The van der Waals surface area contributed by atoms with Gasteiger partial charge in [0.05, 0.1) is 22.3 Å². The van der Waals surface area contributed by atoms with E-state index >= 15 is 0 Å². The molecule has 0 bridgehead atoms. The van der Waals surface area contributed by atoms with Crippen LogP contribution in [0.1, 0.15) is 11.1 Å².